The number of para-hydroxylation sites is 1. The number of rotatable bonds is 2. The SMILES string of the molecule is FC1=C=C(c2nc(Cl)c3ccccc3n2)C=CC(c2ccccc2)=C1. The molecule has 0 saturated heterocycles. The molecule has 1 aromatic heterocycles. The summed E-state index contributed by atoms with van der Waals surface area (Å²) in [6, 6.07) is 17.1. The minimum atomic E-state index is -0.480. The first kappa shape index (κ1) is 15.5. The van der Waals surface area contributed by atoms with E-state index in [0.717, 1.165) is 16.5 Å². The molecule has 25 heavy (non-hydrogen) atoms. The molecule has 0 N–H and O–H groups in total. The van der Waals surface area contributed by atoms with Gasteiger partial charge in [-0.3, -0.25) is 0 Å². The maximum absolute atomic E-state index is 14.3. The molecular formula is C21H12ClFN2. The second-order valence-corrected chi connectivity index (χ2v) is 5.90. The van der Waals surface area contributed by atoms with E-state index in [-0.39, 0.29) is 0 Å². The van der Waals surface area contributed by atoms with E-state index >= 15 is 0 Å². The monoisotopic (exact) mass is 346 g/mol. The van der Waals surface area contributed by atoms with E-state index in [1.807, 2.05) is 60.7 Å². The van der Waals surface area contributed by atoms with Gasteiger partial charge in [-0.15, -0.1) is 0 Å². The fourth-order valence-electron chi connectivity index (χ4n) is 2.66. The van der Waals surface area contributed by atoms with E-state index < -0.39 is 5.83 Å². The number of allylic oxidation sites excluding steroid dienone is 5. The molecule has 3 aromatic rings. The van der Waals surface area contributed by atoms with Crippen molar-refractivity contribution in [3.8, 4) is 0 Å². The molecule has 0 spiro atoms. The van der Waals surface area contributed by atoms with Gasteiger partial charge in [0.05, 0.1) is 11.1 Å². The fraction of sp³-hybridized carbons (Fsp3) is 0. The van der Waals surface area contributed by atoms with E-state index in [4.69, 9.17) is 11.6 Å². The van der Waals surface area contributed by atoms with Crippen LogP contribution in [-0.4, -0.2) is 9.97 Å². The van der Waals surface area contributed by atoms with E-state index in [1.54, 1.807) is 6.08 Å². The van der Waals surface area contributed by atoms with Crippen LogP contribution in [0.25, 0.3) is 22.0 Å². The smallest absolute Gasteiger partial charge is 0.169 e. The maximum atomic E-state index is 14.3. The third-order valence-electron chi connectivity index (χ3n) is 3.87. The number of hydrogen-bond donors (Lipinski definition) is 0. The highest BCUT2D eigenvalue weighted by molar-refractivity contribution is 6.34. The summed E-state index contributed by atoms with van der Waals surface area (Å²) in [6.07, 6.45) is 5.03. The van der Waals surface area contributed by atoms with Gasteiger partial charge in [0, 0.05) is 5.39 Å². The van der Waals surface area contributed by atoms with Gasteiger partial charge in [0.25, 0.3) is 0 Å². The fourth-order valence-corrected chi connectivity index (χ4v) is 2.90. The number of nitrogens with zero attached hydrogens (tertiary/aromatic N) is 2. The summed E-state index contributed by atoms with van der Waals surface area (Å²) in [7, 11) is 0. The quantitative estimate of drug-likeness (QED) is 0.434. The molecule has 0 aliphatic heterocycles. The van der Waals surface area contributed by atoms with Crippen molar-refractivity contribution in [2.75, 3.05) is 0 Å². The van der Waals surface area contributed by atoms with Crippen LogP contribution in [0, 0.1) is 0 Å². The van der Waals surface area contributed by atoms with E-state index in [2.05, 4.69) is 15.7 Å². The third kappa shape index (κ3) is 3.16. The van der Waals surface area contributed by atoms with Crippen LogP contribution in [0.3, 0.4) is 0 Å². The zero-order chi connectivity index (χ0) is 17.2. The Morgan fingerprint density at radius 2 is 1.64 bits per heavy atom. The Labute approximate surface area is 149 Å². The van der Waals surface area contributed by atoms with Crippen molar-refractivity contribution in [2.24, 2.45) is 0 Å². The molecule has 2 nitrogen and oxygen atoms in total. The van der Waals surface area contributed by atoms with Crippen LogP contribution in [0.2, 0.25) is 5.15 Å². The largest absolute Gasteiger partial charge is 0.227 e. The van der Waals surface area contributed by atoms with Crippen molar-refractivity contribution < 1.29 is 4.39 Å². The summed E-state index contributed by atoms with van der Waals surface area (Å²) in [5.41, 5.74) is 5.55. The molecule has 0 radical (unpaired) electrons. The summed E-state index contributed by atoms with van der Waals surface area (Å²) in [5, 5.41) is 1.10. The van der Waals surface area contributed by atoms with Crippen molar-refractivity contribution in [1.29, 1.82) is 0 Å². The summed E-state index contributed by atoms with van der Waals surface area (Å²) >= 11 is 6.25. The van der Waals surface area contributed by atoms with Gasteiger partial charge in [-0.05, 0) is 35.4 Å². The Balaban J connectivity index is 1.79. The lowest BCUT2D eigenvalue weighted by atomic mass is 10.0. The lowest BCUT2D eigenvalue weighted by Gasteiger charge is -2.04. The minimum Gasteiger partial charge on any atom is -0.227 e. The number of fused-ring (bicyclic) bond motifs is 1. The molecule has 0 bridgehead atoms. The highest BCUT2D eigenvalue weighted by Gasteiger charge is 2.11. The summed E-state index contributed by atoms with van der Waals surface area (Å²) in [4.78, 5) is 8.78. The summed E-state index contributed by atoms with van der Waals surface area (Å²) in [6.45, 7) is 0. The van der Waals surface area contributed by atoms with Crippen LogP contribution in [0.1, 0.15) is 11.4 Å². The normalized spacial score (nSPS) is 13.9. The topological polar surface area (TPSA) is 25.8 Å². The van der Waals surface area contributed by atoms with Crippen molar-refractivity contribution in [3.63, 3.8) is 0 Å². The Bertz CT molecular complexity index is 1090. The van der Waals surface area contributed by atoms with Crippen molar-refractivity contribution in [1.82, 2.24) is 9.97 Å². The van der Waals surface area contributed by atoms with E-state index in [0.29, 0.717) is 22.1 Å². The second kappa shape index (κ2) is 6.48. The second-order valence-electron chi connectivity index (χ2n) is 5.54. The predicted molar refractivity (Wildman–Crippen MR) is 99.6 cm³/mol. The third-order valence-corrected chi connectivity index (χ3v) is 4.16. The highest BCUT2D eigenvalue weighted by atomic mass is 35.5. The molecule has 0 saturated carbocycles. The molecule has 0 unspecified atom stereocenters. The number of aromatic nitrogens is 2. The van der Waals surface area contributed by atoms with Gasteiger partial charge >= 0.3 is 0 Å². The van der Waals surface area contributed by atoms with Gasteiger partial charge in [-0.1, -0.05) is 65.9 Å². The molecule has 0 fully saturated rings. The van der Waals surface area contributed by atoms with Crippen molar-refractivity contribution in [3.05, 3.63) is 101 Å². The van der Waals surface area contributed by atoms with Crippen LogP contribution >= 0.6 is 11.6 Å². The van der Waals surface area contributed by atoms with Gasteiger partial charge in [-0.2, -0.15) is 4.39 Å². The first-order valence-corrected chi connectivity index (χ1v) is 8.13. The van der Waals surface area contributed by atoms with Crippen LogP contribution in [0.5, 0.6) is 0 Å². The molecule has 0 amide bonds. The van der Waals surface area contributed by atoms with Gasteiger partial charge < -0.3 is 0 Å². The summed E-state index contributed by atoms with van der Waals surface area (Å²) < 4.78 is 14.3. The van der Waals surface area contributed by atoms with Gasteiger partial charge in [0.2, 0.25) is 0 Å². The molecule has 2 aromatic carbocycles. The van der Waals surface area contributed by atoms with Gasteiger partial charge in [0.15, 0.2) is 11.7 Å². The first-order chi connectivity index (χ1) is 12.2. The van der Waals surface area contributed by atoms with Gasteiger partial charge in [0.1, 0.15) is 5.15 Å². The zero-order valence-corrected chi connectivity index (χ0v) is 13.8. The van der Waals surface area contributed by atoms with Crippen LogP contribution < -0.4 is 0 Å². The standard InChI is InChI=1S/C21H12ClFN2/c22-20-18-8-4-5-9-19(18)24-21(25-20)16-11-10-15(12-17(23)13-16)14-6-2-1-3-7-14/h1-12H. The zero-order valence-electron chi connectivity index (χ0n) is 13.1. The minimum absolute atomic E-state index is 0.337. The Morgan fingerprint density at radius 1 is 0.880 bits per heavy atom. The average molecular weight is 347 g/mol. The summed E-state index contributed by atoms with van der Waals surface area (Å²) in [5.74, 6) is -0.135. The molecule has 1 heterocycles. The number of hydrogen-bond acceptors (Lipinski definition) is 2. The molecule has 1 aliphatic rings. The molecule has 120 valence electrons. The van der Waals surface area contributed by atoms with E-state index in [9.17, 15) is 4.39 Å². The lowest BCUT2D eigenvalue weighted by molar-refractivity contribution is 0.670. The van der Waals surface area contributed by atoms with Crippen molar-refractivity contribution in [2.45, 2.75) is 0 Å². The Morgan fingerprint density at radius 3 is 2.48 bits per heavy atom. The molecule has 0 atom stereocenters. The van der Waals surface area contributed by atoms with E-state index in [1.165, 1.54) is 6.08 Å². The van der Waals surface area contributed by atoms with Crippen LogP contribution in [0.4, 0.5) is 4.39 Å². The molecular weight excluding hydrogens is 335 g/mol. The molecule has 4 heteroatoms. The predicted octanol–water partition coefficient (Wildman–Crippen LogP) is 5.77. The van der Waals surface area contributed by atoms with Crippen LogP contribution in [-0.2, 0) is 0 Å². The average Bonchev–Trinajstić information content (AvgIpc) is 2.84. The highest BCUT2D eigenvalue weighted by Crippen LogP contribution is 2.26. The number of halogens is 2. The Kier molecular flexibility index (Phi) is 4.02. The Hall–Kier alpha value is -3.00. The number of benzene rings is 2. The first-order valence-electron chi connectivity index (χ1n) is 7.75. The molecule has 1 aliphatic carbocycles. The molecule has 4 rings (SSSR count). The van der Waals surface area contributed by atoms with Crippen molar-refractivity contribution >= 4 is 33.7 Å². The van der Waals surface area contributed by atoms with Crippen LogP contribution in [0.15, 0.2) is 84.4 Å². The lowest BCUT2D eigenvalue weighted by Crippen LogP contribution is -1.94. The van der Waals surface area contributed by atoms with Gasteiger partial charge in [-0.25, -0.2) is 9.97 Å². The maximum Gasteiger partial charge on any atom is 0.169 e.